The molecule has 0 heterocycles. The number of hydrogen-bond acceptors (Lipinski definition) is 13. The van der Waals surface area contributed by atoms with Gasteiger partial charge in [-0.15, -0.1) is 0 Å². The molecule has 37 heavy (non-hydrogen) atoms. The summed E-state index contributed by atoms with van der Waals surface area (Å²) in [4.78, 5) is 60.0. The van der Waals surface area contributed by atoms with Crippen LogP contribution in [0.15, 0.2) is 0 Å². The third kappa shape index (κ3) is 16.5. The zero-order valence-electron chi connectivity index (χ0n) is 22.0. The van der Waals surface area contributed by atoms with Crippen molar-refractivity contribution in [2.45, 2.75) is 66.0 Å². The molecule has 0 fully saturated rings. The number of amides is 1. The van der Waals surface area contributed by atoms with Gasteiger partial charge in [-0.1, -0.05) is 0 Å². The van der Waals surface area contributed by atoms with Crippen molar-refractivity contribution in [3.63, 3.8) is 0 Å². The van der Waals surface area contributed by atoms with E-state index in [4.69, 9.17) is 33.1 Å². The molecule has 1 N–H and O–H groups in total. The van der Waals surface area contributed by atoms with E-state index in [0.29, 0.717) is 0 Å². The van der Waals surface area contributed by atoms with Gasteiger partial charge >= 0.3 is 31.8 Å². The summed E-state index contributed by atoms with van der Waals surface area (Å²) in [6.45, 7) is 5.85. The van der Waals surface area contributed by atoms with Gasteiger partial charge in [0.05, 0.1) is 24.3 Å². The van der Waals surface area contributed by atoms with Gasteiger partial charge in [-0.2, -0.15) is 0 Å². The van der Waals surface area contributed by atoms with E-state index in [9.17, 15) is 28.5 Å². The number of aliphatic carboxylic acids is 1. The first-order valence-corrected chi connectivity index (χ1v) is 13.0. The molecular weight excluding hydrogens is 521 g/mol. The van der Waals surface area contributed by atoms with Gasteiger partial charge in [-0.25, -0.2) is 9.59 Å². The highest BCUT2D eigenvalue weighted by molar-refractivity contribution is 7.53. The highest BCUT2D eigenvalue weighted by atomic mass is 31.2. The quantitative estimate of drug-likeness (QED) is 0.126. The number of rotatable bonds is 16. The van der Waals surface area contributed by atoms with Crippen molar-refractivity contribution in [1.29, 1.82) is 0 Å². The smallest absolute Gasteiger partial charge is 0.481 e. The van der Waals surface area contributed by atoms with Gasteiger partial charge in [-0.05, 0) is 41.0 Å². The lowest BCUT2D eigenvalue weighted by molar-refractivity contribution is -0.154. The number of ether oxygens (including phenoxy) is 5. The number of esters is 1. The van der Waals surface area contributed by atoms with E-state index in [0.717, 1.165) is 0 Å². The topological polar surface area (TPSA) is 190 Å². The molecule has 0 aromatic rings. The second-order valence-electron chi connectivity index (χ2n) is 8.33. The molecule has 16 heteroatoms. The summed E-state index contributed by atoms with van der Waals surface area (Å²) in [5.41, 5.74) is 0. The monoisotopic (exact) mass is 557 g/mol. The Kier molecular flexibility index (Phi) is 15.5. The number of carbonyl (C=O) groups is 5. The summed E-state index contributed by atoms with van der Waals surface area (Å²) in [5, 5.41) is 9.04. The van der Waals surface area contributed by atoms with Crippen LogP contribution < -0.4 is 0 Å². The Morgan fingerprint density at radius 2 is 1.43 bits per heavy atom. The molecule has 0 saturated carbocycles. The lowest BCUT2D eigenvalue weighted by Gasteiger charge is -2.25. The van der Waals surface area contributed by atoms with Crippen LogP contribution in [-0.2, 0) is 51.7 Å². The van der Waals surface area contributed by atoms with Crippen molar-refractivity contribution in [2.75, 3.05) is 33.7 Å². The van der Waals surface area contributed by atoms with Crippen LogP contribution in [-0.4, -0.2) is 92.3 Å². The molecule has 1 amide bonds. The van der Waals surface area contributed by atoms with E-state index in [1.165, 1.54) is 25.9 Å². The fraction of sp³-hybridized carbons (Fsp3) is 0.762. The van der Waals surface area contributed by atoms with Crippen LogP contribution >= 0.6 is 7.60 Å². The Hall–Kier alpha value is -2.90. The molecule has 3 unspecified atom stereocenters. The molecule has 0 bridgehead atoms. The van der Waals surface area contributed by atoms with Gasteiger partial charge in [0.25, 0.3) is 5.91 Å². The Morgan fingerprint density at radius 3 is 1.95 bits per heavy atom. The maximum Gasteiger partial charge on any atom is 0.510 e. The number of carbonyl (C=O) groups excluding carboxylic acids is 4. The third-order valence-electron chi connectivity index (χ3n) is 3.98. The maximum atomic E-state index is 13.5. The molecule has 0 aliphatic carbocycles. The Labute approximate surface area is 215 Å². The first-order valence-electron chi connectivity index (χ1n) is 11.3. The summed E-state index contributed by atoms with van der Waals surface area (Å²) in [6, 6.07) is 0. The van der Waals surface area contributed by atoms with Crippen LogP contribution in [0.25, 0.3) is 0 Å². The number of likely N-dealkylation sites (N-methyl/N-ethyl adjacent to an activating group) is 1. The minimum absolute atomic E-state index is 0.359. The molecule has 0 saturated heterocycles. The summed E-state index contributed by atoms with van der Waals surface area (Å²) in [6.07, 6.45) is -6.49. The lowest BCUT2D eigenvalue weighted by atomic mass is 10.1. The van der Waals surface area contributed by atoms with Crippen LogP contribution in [0.3, 0.4) is 0 Å². The zero-order chi connectivity index (χ0) is 28.8. The zero-order valence-corrected chi connectivity index (χ0v) is 22.9. The Balaban J connectivity index is 5.66. The molecule has 0 aliphatic heterocycles. The van der Waals surface area contributed by atoms with E-state index in [-0.39, 0.29) is 6.42 Å². The van der Waals surface area contributed by atoms with Gasteiger partial charge in [0.15, 0.2) is 6.61 Å². The normalized spacial score (nSPS) is 14.2. The summed E-state index contributed by atoms with van der Waals surface area (Å²) >= 11 is 0. The first-order chi connectivity index (χ1) is 17.0. The van der Waals surface area contributed by atoms with Crippen molar-refractivity contribution in [1.82, 2.24) is 4.90 Å². The fourth-order valence-corrected chi connectivity index (χ4v) is 4.17. The molecular formula is C21H36NO14P. The maximum absolute atomic E-state index is 13.5. The first kappa shape index (κ1) is 34.1. The fourth-order valence-electron chi connectivity index (χ4n) is 2.34. The van der Waals surface area contributed by atoms with Crippen LogP contribution in [0.4, 0.5) is 9.59 Å². The molecule has 0 radical (unpaired) electrons. The molecule has 0 aromatic heterocycles. The van der Waals surface area contributed by atoms with Crippen molar-refractivity contribution in [3.05, 3.63) is 0 Å². The molecule has 214 valence electrons. The van der Waals surface area contributed by atoms with E-state index in [1.54, 1.807) is 27.7 Å². The standard InChI is InChI=1S/C21H36NO14P/c1-13(2)33-20(27)31-12-32-37(29,36-15(5)35-21(28)34-14(3)4)11-16(8-9-18(24)25)19(26)30-10-17(23)22(6)7/h13-16H,8-12H2,1-7H3,(H,24,25). The number of carboxylic acids is 1. The van der Waals surface area contributed by atoms with Crippen LogP contribution in [0.2, 0.25) is 0 Å². The largest absolute Gasteiger partial charge is 0.510 e. The number of hydrogen-bond donors (Lipinski definition) is 1. The Morgan fingerprint density at radius 1 is 0.865 bits per heavy atom. The van der Waals surface area contributed by atoms with Gasteiger partial charge in [0.1, 0.15) is 0 Å². The van der Waals surface area contributed by atoms with Crippen molar-refractivity contribution in [2.24, 2.45) is 5.92 Å². The molecule has 0 aliphatic rings. The molecule has 15 nitrogen and oxygen atoms in total. The van der Waals surface area contributed by atoms with Gasteiger partial charge < -0.3 is 33.7 Å². The van der Waals surface area contributed by atoms with Gasteiger partial charge in [0, 0.05) is 20.5 Å². The van der Waals surface area contributed by atoms with Crippen LogP contribution in [0, 0.1) is 5.92 Å². The molecule has 3 atom stereocenters. The van der Waals surface area contributed by atoms with Gasteiger partial charge in [0.2, 0.25) is 13.1 Å². The number of carboxylic acid groups (broad SMARTS) is 1. The summed E-state index contributed by atoms with van der Waals surface area (Å²) in [7, 11) is -1.58. The van der Waals surface area contributed by atoms with Crippen molar-refractivity contribution >= 4 is 37.8 Å². The van der Waals surface area contributed by atoms with E-state index >= 15 is 0 Å². The van der Waals surface area contributed by atoms with Crippen LogP contribution in [0.1, 0.15) is 47.5 Å². The average molecular weight is 557 g/mol. The second kappa shape index (κ2) is 16.8. The molecule has 0 spiro atoms. The predicted molar refractivity (Wildman–Crippen MR) is 124 cm³/mol. The van der Waals surface area contributed by atoms with E-state index in [2.05, 4.69) is 4.74 Å². The summed E-state index contributed by atoms with van der Waals surface area (Å²) in [5.74, 6) is -4.23. The summed E-state index contributed by atoms with van der Waals surface area (Å²) < 4.78 is 47.9. The lowest BCUT2D eigenvalue weighted by Crippen LogP contribution is -2.31. The predicted octanol–water partition coefficient (Wildman–Crippen LogP) is 2.75. The van der Waals surface area contributed by atoms with Crippen molar-refractivity contribution < 1.29 is 66.4 Å². The molecule has 0 rings (SSSR count). The van der Waals surface area contributed by atoms with Gasteiger partial charge in [-0.3, -0.25) is 28.0 Å². The van der Waals surface area contributed by atoms with E-state index in [1.807, 2.05) is 0 Å². The minimum Gasteiger partial charge on any atom is -0.481 e. The highest BCUT2D eigenvalue weighted by Gasteiger charge is 2.37. The van der Waals surface area contributed by atoms with E-state index < -0.39 is 88.2 Å². The molecule has 0 aromatic carbocycles. The SMILES string of the molecule is CC(C)OC(=O)OCOP(=O)(CC(CCC(=O)O)C(=O)OCC(=O)N(C)C)OC(C)OC(=O)OC(C)C. The van der Waals surface area contributed by atoms with Crippen LogP contribution in [0.5, 0.6) is 0 Å². The minimum atomic E-state index is -4.45. The Bertz CT molecular complexity index is 828. The highest BCUT2D eigenvalue weighted by Crippen LogP contribution is 2.51. The van der Waals surface area contributed by atoms with Crippen molar-refractivity contribution in [3.8, 4) is 0 Å². The number of nitrogens with zero attached hydrogens (tertiary/aromatic N) is 1. The third-order valence-corrected chi connectivity index (χ3v) is 5.99. The average Bonchev–Trinajstić information content (AvgIpc) is 2.72. The second-order valence-corrected chi connectivity index (χ2v) is 10.4.